The van der Waals surface area contributed by atoms with Gasteiger partial charge in [-0.3, -0.25) is 14.5 Å². The van der Waals surface area contributed by atoms with E-state index in [1.54, 1.807) is 37.3 Å². The number of hydrogen-bond acceptors (Lipinski definition) is 5. The number of aromatic nitrogens is 1. The van der Waals surface area contributed by atoms with Crippen LogP contribution in [0.5, 0.6) is 0 Å². The summed E-state index contributed by atoms with van der Waals surface area (Å²) in [6.45, 7) is 1.69. The molecule has 29 heavy (non-hydrogen) atoms. The molecule has 8 heteroatoms. The van der Waals surface area contributed by atoms with Crippen LogP contribution in [0.4, 0.5) is 10.2 Å². The highest BCUT2D eigenvalue weighted by Gasteiger charge is 2.45. The standard InChI is InChI=1S/C21H12ClFN2O4/c1-10-7-16(24-29-10)25-18(11-3-2-4-12(22)8-11)17-19(26)14-9-13(23)5-6-15(14)28-20(17)21(25)27/h2-9,18H,1H3. The number of amides is 1. The maximum absolute atomic E-state index is 13.8. The molecule has 0 saturated carbocycles. The van der Waals surface area contributed by atoms with Crippen LogP contribution in [-0.4, -0.2) is 11.1 Å². The Bertz CT molecular complexity index is 1360. The van der Waals surface area contributed by atoms with Crippen molar-refractivity contribution in [1.29, 1.82) is 0 Å². The van der Waals surface area contributed by atoms with Gasteiger partial charge in [0.25, 0.3) is 5.91 Å². The molecular weight excluding hydrogens is 399 g/mol. The first kappa shape index (κ1) is 17.6. The number of nitrogens with zero attached hydrogens (tertiary/aromatic N) is 2. The van der Waals surface area contributed by atoms with E-state index in [0.717, 1.165) is 6.07 Å². The molecule has 0 radical (unpaired) electrons. The lowest BCUT2D eigenvalue weighted by Crippen LogP contribution is -2.29. The number of benzene rings is 2. The van der Waals surface area contributed by atoms with E-state index in [0.29, 0.717) is 16.3 Å². The molecule has 144 valence electrons. The third kappa shape index (κ3) is 2.66. The molecule has 1 unspecified atom stereocenters. The van der Waals surface area contributed by atoms with Crippen molar-refractivity contribution in [3.8, 4) is 0 Å². The second-order valence-electron chi connectivity index (χ2n) is 6.74. The van der Waals surface area contributed by atoms with Gasteiger partial charge in [0.1, 0.15) is 17.2 Å². The number of rotatable bonds is 2. The third-order valence-electron chi connectivity index (χ3n) is 4.86. The summed E-state index contributed by atoms with van der Waals surface area (Å²) < 4.78 is 24.6. The molecule has 1 aliphatic heterocycles. The summed E-state index contributed by atoms with van der Waals surface area (Å²) >= 11 is 6.15. The Morgan fingerprint density at radius 3 is 2.69 bits per heavy atom. The Labute approximate surface area is 168 Å². The van der Waals surface area contributed by atoms with Crippen molar-refractivity contribution < 1.29 is 18.1 Å². The summed E-state index contributed by atoms with van der Waals surface area (Å²) in [5, 5.41) is 4.43. The van der Waals surface area contributed by atoms with E-state index >= 15 is 0 Å². The maximum Gasteiger partial charge on any atom is 0.296 e. The smallest absolute Gasteiger partial charge is 0.296 e. The molecule has 4 aromatic rings. The van der Waals surface area contributed by atoms with Gasteiger partial charge in [-0.1, -0.05) is 28.9 Å². The zero-order chi connectivity index (χ0) is 20.3. The van der Waals surface area contributed by atoms with E-state index in [1.165, 1.54) is 17.0 Å². The van der Waals surface area contributed by atoms with E-state index in [2.05, 4.69) is 5.16 Å². The van der Waals surface area contributed by atoms with Gasteiger partial charge in [0.15, 0.2) is 11.2 Å². The topological polar surface area (TPSA) is 76.6 Å². The lowest BCUT2D eigenvalue weighted by molar-refractivity contribution is 0.0969. The van der Waals surface area contributed by atoms with Crippen LogP contribution in [-0.2, 0) is 0 Å². The van der Waals surface area contributed by atoms with Gasteiger partial charge in [-0.25, -0.2) is 4.39 Å². The number of hydrogen-bond donors (Lipinski definition) is 0. The predicted octanol–water partition coefficient (Wildman–Crippen LogP) is 4.63. The van der Waals surface area contributed by atoms with Crippen LogP contribution in [0.15, 0.2) is 62.3 Å². The van der Waals surface area contributed by atoms with Crippen molar-refractivity contribution in [2.75, 3.05) is 4.90 Å². The zero-order valence-electron chi connectivity index (χ0n) is 15.0. The Morgan fingerprint density at radius 1 is 1.14 bits per heavy atom. The summed E-state index contributed by atoms with van der Waals surface area (Å²) in [6.07, 6.45) is 0. The van der Waals surface area contributed by atoms with Gasteiger partial charge in [-0.2, -0.15) is 0 Å². The van der Waals surface area contributed by atoms with Gasteiger partial charge in [0.2, 0.25) is 5.76 Å². The summed E-state index contributed by atoms with van der Waals surface area (Å²) in [7, 11) is 0. The molecule has 0 aliphatic carbocycles. The number of carbonyl (C=O) groups excluding carboxylic acids is 1. The second kappa shape index (κ2) is 6.28. The normalized spacial score (nSPS) is 15.9. The number of aryl methyl sites for hydroxylation is 1. The largest absolute Gasteiger partial charge is 0.450 e. The lowest BCUT2D eigenvalue weighted by Gasteiger charge is -2.22. The molecule has 1 aliphatic rings. The Balaban J connectivity index is 1.84. The summed E-state index contributed by atoms with van der Waals surface area (Å²) in [6, 6.07) is 11.2. The quantitative estimate of drug-likeness (QED) is 0.481. The molecule has 0 saturated heterocycles. The molecule has 6 nitrogen and oxygen atoms in total. The van der Waals surface area contributed by atoms with Crippen molar-refractivity contribution >= 4 is 34.3 Å². The van der Waals surface area contributed by atoms with Crippen LogP contribution in [0, 0.1) is 12.7 Å². The minimum Gasteiger partial charge on any atom is -0.450 e. The molecule has 2 aromatic carbocycles. The maximum atomic E-state index is 13.8. The number of fused-ring (bicyclic) bond motifs is 2. The van der Waals surface area contributed by atoms with Crippen LogP contribution in [0.2, 0.25) is 5.02 Å². The fraction of sp³-hybridized carbons (Fsp3) is 0.0952. The fourth-order valence-corrected chi connectivity index (χ4v) is 3.84. The Hall–Kier alpha value is -3.45. The average Bonchev–Trinajstić information content (AvgIpc) is 3.24. The van der Waals surface area contributed by atoms with Crippen molar-refractivity contribution in [1.82, 2.24) is 5.16 Å². The van der Waals surface area contributed by atoms with Crippen molar-refractivity contribution in [3.05, 3.63) is 92.2 Å². The van der Waals surface area contributed by atoms with E-state index < -0.39 is 23.2 Å². The van der Waals surface area contributed by atoms with Crippen LogP contribution < -0.4 is 10.3 Å². The first-order chi connectivity index (χ1) is 13.9. The van der Waals surface area contributed by atoms with Crippen LogP contribution in [0.3, 0.4) is 0 Å². The molecule has 3 heterocycles. The fourth-order valence-electron chi connectivity index (χ4n) is 3.64. The summed E-state index contributed by atoms with van der Waals surface area (Å²) in [4.78, 5) is 27.9. The second-order valence-corrected chi connectivity index (χ2v) is 7.18. The van der Waals surface area contributed by atoms with E-state index in [1.807, 2.05) is 0 Å². The highest BCUT2D eigenvalue weighted by Crippen LogP contribution is 2.41. The van der Waals surface area contributed by atoms with Gasteiger partial charge < -0.3 is 8.94 Å². The molecule has 0 bridgehead atoms. The van der Waals surface area contributed by atoms with Gasteiger partial charge in [0.05, 0.1) is 17.0 Å². The average molecular weight is 411 g/mol. The predicted molar refractivity (Wildman–Crippen MR) is 104 cm³/mol. The summed E-state index contributed by atoms with van der Waals surface area (Å²) in [5.74, 6) is -0.489. The van der Waals surface area contributed by atoms with Crippen molar-refractivity contribution in [2.24, 2.45) is 0 Å². The van der Waals surface area contributed by atoms with Crippen molar-refractivity contribution in [3.63, 3.8) is 0 Å². The summed E-state index contributed by atoms with van der Waals surface area (Å²) in [5.41, 5.74) is 0.345. The lowest BCUT2D eigenvalue weighted by atomic mass is 9.98. The highest BCUT2D eigenvalue weighted by molar-refractivity contribution is 6.30. The Kier molecular flexibility index (Phi) is 3.82. The van der Waals surface area contributed by atoms with Gasteiger partial charge in [0, 0.05) is 11.1 Å². The van der Waals surface area contributed by atoms with E-state index in [4.69, 9.17) is 20.5 Å². The molecule has 0 N–H and O–H groups in total. The third-order valence-corrected chi connectivity index (χ3v) is 5.09. The molecule has 0 fully saturated rings. The Morgan fingerprint density at radius 2 is 1.97 bits per heavy atom. The number of anilines is 1. The molecule has 2 aromatic heterocycles. The highest BCUT2D eigenvalue weighted by atomic mass is 35.5. The van der Waals surface area contributed by atoms with Gasteiger partial charge >= 0.3 is 0 Å². The van der Waals surface area contributed by atoms with Crippen LogP contribution >= 0.6 is 11.6 Å². The van der Waals surface area contributed by atoms with E-state index in [9.17, 15) is 14.0 Å². The van der Waals surface area contributed by atoms with Gasteiger partial charge in [-0.05, 0) is 42.8 Å². The first-order valence-electron chi connectivity index (χ1n) is 8.72. The monoisotopic (exact) mass is 410 g/mol. The molecular formula is C21H12ClFN2O4. The molecule has 1 atom stereocenters. The SMILES string of the molecule is Cc1cc(N2C(=O)c3oc4ccc(F)cc4c(=O)c3C2c2cccc(Cl)c2)no1. The van der Waals surface area contributed by atoms with Crippen LogP contribution in [0.1, 0.15) is 33.5 Å². The molecule has 5 rings (SSSR count). The minimum atomic E-state index is -0.843. The number of halogens is 2. The number of carbonyl (C=O) groups is 1. The molecule has 0 spiro atoms. The van der Waals surface area contributed by atoms with Crippen LogP contribution in [0.25, 0.3) is 11.0 Å². The zero-order valence-corrected chi connectivity index (χ0v) is 15.7. The van der Waals surface area contributed by atoms with Gasteiger partial charge in [-0.15, -0.1) is 0 Å². The first-order valence-corrected chi connectivity index (χ1v) is 9.10. The van der Waals surface area contributed by atoms with E-state index in [-0.39, 0.29) is 28.1 Å². The minimum absolute atomic E-state index is 0.0572. The molecule has 1 amide bonds. The van der Waals surface area contributed by atoms with Crippen molar-refractivity contribution in [2.45, 2.75) is 13.0 Å².